The van der Waals surface area contributed by atoms with Crippen LogP contribution in [0.1, 0.15) is 5.56 Å². The molecule has 1 aromatic carbocycles. The van der Waals surface area contributed by atoms with Crippen molar-refractivity contribution in [1.82, 2.24) is 4.98 Å². The monoisotopic (exact) mass is 250 g/mol. The third-order valence-corrected chi connectivity index (χ3v) is 2.43. The number of hydrogen-bond donors (Lipinski definition) is 1. The van der Waals surface area contributed by atoms with Crippen LogP contribution in [-0.4, -0.2) is 12.1 Å². The van der Waals surface area contributed by atoms with Crippen molar-refractivity contribution in [3.8, 4) is 5.88 Å². The molecule has 5 heteroatoms. The molecule has 0 aliphatic rings. The van der Waals surface area contributed by atoms with Crippen molar-refractivity contribution in [2.24, 2.45) is 0 Å². The van der Waals surface area contributed by atoms with Crippen LogP contribution in [-0.2, 0) is 6.54 Å². The Bertz CT molecular complexity index is 546. The SMILES string of the molecule is COc1cc(NCc2cc(F)ccc2F)ccn1. The second-order valence-electron chi connectivity index (χ2n) is 3.68. The normalized spacial score (nSPS) is 10.2. The summed E-state index contributed by atoms with van der Waals surface area (Å²) in [5, 5.41) is 2.98. The lowest BCUT2D eigenvalue weighted by Crippen LogP contribution is -2.02. The summed E-state index contributed by atoms with van der Waals surface area (Å²) in [5.74, 6) is -0.440. The highest BCUT2D eigenvalue weighted by Crippen LogP contribution is 2.16. The van der Waals surface area contributed by atoms with Crippen LogP contribution < -0.4 is 10.1 Å². The van der Waals surface area contributed by atoms with Gasteiger partial charge in [0.2, 0.25) is 5.88 Å². The standard InChI is InChI=1S/C13H12F2N2O/c1-18-13-7-11(4-5-16-13)17-8-9-6-10(14)2-3-12(9)15/h2-7H,8H2,1H3,(H,16,17). The average molecular weight is 250 g/mol. The maximum absolute atomic E-state index is 13.4. The van der Waals surface area contributed by atoms with Gasteiger partial charge in [0, 0.05) is 30.1 Å². The van der Waals surface area contributed by atoms with Gasteiger partial charge in [-0.1, -0.05) is 0 Å². The van der Waals surface area contributed by atoms with E-state index in [2.05, 4.69) is 10.3 Å². The van der Waals surface area contributed by atoms with E-state index in [0.717, 1.165) is 17.8 Å². The van der Waals surface area contributed by atoms with Crippen molar-refractivity contribution in [3.05, 3.63) is 53.7 Å². The Kier molecular flexibility index (Phi) is 3.72. The summed E-state index contributed by atoms with van der Waals surface area (Å²) in [5.41, 5.74) is 0.997. The van der Waals surface area contributed by atoms with Gasteiger partial charge in [-0.2, -0.15) is 0 Å². The van der Waals surface area contributed by atoms with E-state index in [9.17, 15) is 8.78 Å². The Balaban J connectivity index is 2.08. The minimum atomic E-state index is -0.458. The first-order chi connectivity index (χ1) is 8.69. The number of methoxy groups -OCH3 is 1. The number of pyridine rings is 1. The van der Waals surface area contributed by atoms with Gasteiger partial charge < -0.3 is 10.1 Å². The summed E-state index contributed by atoms with van der Waals surface area (Å²) in [6, 6.07) is 6.77. The van der Waals surface area contributed by atoms with E-state index in [0.29, 0.717) is 5.88 Å². The third-order valence-electron chi connectivity index (χ3n) is 2.43. The fourth-order valence-electron chi connectivity index (χ4n) is 1.51. The van der Waals surface area contributed by atoms with Crippen molar-refractivity contribution in [1.29, 1.82) is 0 Å². The molecule has 0 unspecified atom stereocenters. The minimum absolute atomic E-state index is 0.191. The van der Waals surface area contributed by atoms with E-state index in [-0.39, 0.29) is 12.1 Å². The van der Waals surface area contributed by atoms with Crippen LogP contribution in [0.4, 0.5) is 14.5 Å². The van der Waals surface area contributed by atoms with Gasteiger partial charge in [0.25, 0.3) is 0 Å². The first-order valence-corrected chi connectivity index (χ1v) is 5.37. The smallest absolute Gasteiger partial charge is 0.214 e. The lowest BCUT2D eigenvalue weighted by atomic mass is 10.2. The van der Waals surface area contributed by atoms with Crippen molar-refractivity contribution >= 4 is 5.69 Å². The van der Waals surface area contributed by atoms with E-state index in [1.54, 1.807) is 18.3 Å². The number of nitrogens with zero attached hydrogens (tertiary/aromatic N) is 1. The van der Waals surface area contributed by atoms with Crippen molar-refractivity contribution in [2.45, 2.75) is 6.54 Å². The molecule has 18 heavy (non-hydrogen) atoms. The third kappa shape index (κ3) is 2.94. The molecule has 1 heterocycles. The van der Waals surface area contributed by atoms with Crippen molar-refractivity contribution in [3.63, 3.8) is 0 Å². The molecule has 0 atom stereocenters. The van der Waals surface area contributed by atoms with Gasteiger partial charge in [-0.05, 0) is 24.3 Å². The minimum Gasteiger partial charge on any atom is -0.481 e. The Morgan fingerprint density at radius 1 is 1.22 bits per heavy atom. The Labute approximate surface area is 103 Å². The molecule has 0 bridgehead atoms. The number of hydrogen-bond acceptors (Lipinski definition) is 3. The van der Waals surface area contributed by atoms with Gasteiger partial charge in [0.1, 0.15) is 11.6 Å². The zero-order chi connectivity index (χ0) is 13.0. The number of benzene rings is 1. The second kappa shape index (κ2) is 5.44. The fourth-order valence-corrected chi connectivity index (χ4v) is 1.51. The molecule has 0 aliphatic carbocycles. The van der Waals surface area contributed by atoms with E-state index < -0.39 is 11.6 Å². The zero-order valence-electron chi connectivity index (χ0n) is 9.78. The van der Waals surface area contributed by atoms with Crippen LogP contribution in [0.25, 0.3) is 0 Å². The molecule has 1 aromatic heterocycles. The lowest BCUT2D eigenvalue weighted by Gasteiger charge is -2.08. The summed E-state index contributed by atoms with van der Waals surface area (Å²) in [6.45, 7) is 0.191. The number of halogens is 2. The molecule has 2 aromatic rings. The van der Waals surface area contributed by atoms with Gasteiger partial charge in [0.15, 0.2) is 0 Å². The van der Waals surface area contributed by atoms with E-state index >= 15 is 0 Å². The maximum Gasteiger partial charge on any atom is 0.214 e. The zero-order valence-corrected chi connectivity index (χ0v) is 9.78. The van der Waals surface area contributed by atoms with Gasteiger partial charge in [-0.15, -0.1) is 0 Å². The van der Waals surface area contributed by atoms with Crippen molar-refractivity contribution in [2.75, 3.05) is 12.4 Å². The summed E-state index contributed by atoms with van der Waals surface area (Å²) in [4.78, 5) is 3.95. The van der Waals surface area contributed by atoms with E-state index in [1.165, 1.54) is 13.2 Å². The maximum atomic E-state index is 13.4. The van der Waals surface area contributed by atoms with Crippen LogP contribution in [0.15, 0.2) is 36.5 Å². The molecule has 0 aliphatic heterocycles. The summed E-state index contributed by atoms with van der Waals surface area (Å²) < 4.78 is 31.3. The molecule has 1 N–H and O–H groups in total. The van der Waals surface area contributed by atoms with Gasteiger partial charge >= 0.3 is 0 Å². The first-order valence-electron chi connectivity index (χ1n) is 5.37. The molecule has 94 valence electrons. The largest absolute Gasteiger partial charge is 0.481 e. The average Bonchev–Trinajstić information content (AvgIpc) is 2.40. The van der Waals surface area contributed by atoms with Crippen LogP contribution in [0.3, 0.4) is 0 Å². The number of rotatable bonds is 4. The van der Waals surface area contributed by atoms with Gasteiger partial charge in [-0.25, -0.2) is 13.8 Å². The lowest BCUT2D eigenvalue weighted by molar-refractivity contribution is 0.398. The molecular weight excluding hydrogens is 238 g/mol. The molecule has 0 amide bonds. The van der Waals surface area contributed by atoms with Crippen LogP contribution in [0.2, 0.25) is 0 Å². The van der Waals surface area contributed by atoms with Crippen LogP contribution in [0.5, 0.6) is 5.88 Å². The summed E-state index contributed by atoms with van der Waals surface area (Å²) in [6.07, 6.45) is 1.57. The predicted molar refractivity (Wildman–Crippen MR) is 64.5 cm³/mol. The molecule has 3 nitrogen and oxygen atoms in total. The van der Waals surface area contributed by atoms with E-state index in [4.69, 9.17) is 4.74 Å². The Morgan fingerprint density at radius 2 is 2.06 bits per heavy atom. The van der Waals surface area contributed by atoms with Crippen molar-refractivity contribution < 1.29 is 13.5 Å². The Morgan fingerprint density at radius 3 is 2.83 bits per heavy atom. The highest BCUT2D eigenvalue weighted by molar-refractivity contribution is 5.45. The molecule has 0 fully saturated rings. The molecule has 0 saturated heterocycles. The number of ether oxygens (including phenoxy) is 1. The molecule has 0 saturated carbocycles. The predicted octanol–water partition coefficient (Wildman–Crippen LogP) is 2.98. The summed E-state index contributed by atoms with van der Waals surface area (Å²) in [7, 11) is 1.51. The molecule has 0 spiro atoms. The number of aromatic nitrogens is 1. The molecule has 0 radical (unpaired) electrons. The highest BCUT2D eigenvalue weighted by atomic mass is 19.1. The van der Waals surface area contributed by atoms with Gasteiger partial charge in [0.05, 0.1) is 7.11 Å². The van der Waals surface area contributed by atoms with Crippen LogP contribution in [0, 0.1) is 11.6 Å². The Hall–Kier alpha value is -2.17. The first kappa shape index (κ1) is 12.3. The topological polar surface area (TPSA) is 34.1 Å². The second-order valence-corrected chi connectivity index (χ2v) is 3.68. The molecular formula is C13H12F2N2O. The van der Waals surface area contributed by atoms with Crippen LogP contribution >= 0.6 is 0 Å². The quantitative estimate of drug-likeness (QED) is 0.905. The highest BCUT2D eigenvalue weighted by Gasteiger charge is 2.04. The number of nitrogens with one attached hydrogen (secondary N) is 1. The fraction of sp³-hybridized carbons (Fsp3) is 0.154. The van der Waals surface area contributed by atoms with E-state index in [1.807, 2.05) is 0 Å². The number of anilines is 1. The van der Waals surface area contributed by atoms with Gasteiger partial charge in [-0.3, -0.25) is 0 Å². The molecule has 2 rings (SSSR count). The summed E-state index contributed by atoms with van der Waals surface area (Å²) >= 11 is 0.